The summed E-state index contributed by atoms with van der Waals surface area (Å²) in [4.78, 5) is 5.09. The zero-order valence-corrected chi connectivity index (χ0v) is 51.9. The van der Waals surface area contributed by atoms with E-state index < -0.39 is 5.41 Å². The van der Waals surface area contributed by atoms with Crippen LogP contribution in [0, 0.1) is 0 Å². The van der Waals surface area contributed by atoms with Gasteiger partial charge in [0.1, 0.15) is 0 Å². The molecule has 2 aromatic heterocycles. The molecule has 92 heavy (non-hydrogen) atoms. The van der Waals surface area contributed by atoms with E-state index in [0.717, 1.165) is 41.3 Å². The van der Waals surface area contributed by atoms with Gasteiger partial charge in [-0.2, -0.15) is 0 Å². The quantitative estimate of drug-likeness (QED) is 0.157. The molecule has 0 amide bonds. The maximum Gasteiger partial charge on any atom is 0.0723 e. The average molecular weight is 1170 g/mol. The van der Waals surface area contributed by atoms with Gasteiger partial charge in [-0.3, -0.25) is 0 Å². The Morgan fingerprint density at radius 2 is 0.870 bits per heavy atom. The van der Waals surface area contributed by atoms with Crippen molar-refractivity contribution < 1.29 is 0 Å². The topological polar surface area (TPSA) is 10.9 Å². The van der Waals surface area contributed by atoms with Crippen molar-refractivity contribution in [3.8, 4) is 44.5 Å². The Morgan fingerprint density at radius 1 is 0.337 bits per heavy atom. The summed E-state index contributed by atoms with van der Waals surface area (Å²) in [6, 6.07) is 104. The zero-order valence-electron chi connectivity index (χ0n) is 51.9. The molecule has 3 heteroatoms. The molecule has 1 atom stereocenters. The average Bonchev–Trinajstić information content (AvgIpc) is 1.49. The van der Waals surface area contributed by atoms with Gasteiger partial charge < -0.3 is 14.2 Å². The summed E-state index contributed by atoms with van der Waals surface area (Å²) in [6.45, 7) is 9.57. The number of fused-ring (bicyclic) bond motifs is 23. The lowest BCUT2D eigenvalue weighted by atomic mass is 9.68. The van der Waals surface area contributed by atoms with Crippen LogP contribution in [0.5, 0.6) is 0 Å². The van der Waals surface area contributed by atoms with Crippen LogP contribution >= 0.6 is 0 Å². The van der Waals surface area contributed by atoms with Crippen LogP contribution in [0.25, 0.3) is 98.9 Å². The normalized spacial score (nSPS) is 16.5. The van der Waals surface area contributed by atoms with E-state index in [4.69, 9.17) is 0 Å². The Labute approximate surface area is 536 Å². The predicted octanol–water partition coefficient (Wildman–Crippen LogP) is 23.6. The zero-order chi connectivity index (χ0) is 60.9. The number of aromatic nitrogens is 1. The third-order valence-corrected chi connectivity index (χ3v) is 22.2. The molecule has 13 aromatic carbocycles. The van der Waals surface area contributed by atoms with Crippen molar-refractivity contribution in [3.05, 3.63) is 335 Å². The van der Waals surface area contributed by atoms with Crippen LogP contribution in [0.4, 0.5) is 34.1 Å². The Kier molecular flexibility index (Phi) is 10.5. The third kappa shape index (κ3) is 6.64. The van der Waals surface area contributed by atoms with Crippen molar-refractivity contribution in [2.75, 3.05) is 9.80 Å². The SMILES string of the molecule is CC1(C)c2ccccc2-c2ccc(N(c3ccccc3)c3cccc4c(-c5ccc6c(c5)C5(C7=C(CCC=C7)c7ccccc75)c5cc(N(c7ccccc7)c7ccc8c(c7)C(C)(C)c7ccccc7-8)c7c8cccc9c%10ccccc%10n(c7c5-6)c98)cccc34)cc21. The fourth-order valence-corrected chi connectivity index (χ4v) is 18.2. The first-order valence-corrected chi connectivity index (χ1v) is 32.8. The molecule has 0 aliphatic heterocycles. The van der Waals surface area contributed by atoms with E-state index in [2.05, 4.69) is 327 Å². The minimum Gasteiger partial charge on any atom is -0.310 e. The molecule has 0 radical (unpaired) electrons. The number of hydrogen-bond donors (Lipinski definition) is 0. The van der Waals surface area contributed by atoms with Crippen LogP contribution in [0.1, 0.15) is 85.0 Å². The molecular formula is C89H63N3. The summed E-state index contributed by atoms with van der Waals surface area (Å²) < 4.78 is 2.67. The molecule has 0 fully saturated rings. The van der Waals surface area contributed by atoms with Crippen LogP contribution in [0.2, 0.25) is 0 Å². The van der Waals surface area contributed by atoms with E-state index >= 15 is 0 Å². The van der Waals surface area contributed by atoms with E-state index in [0.29, 0.717) is 0 Å². The lowest BCUT2D eigenvalue weighted by Crippen LogP contribution is -2.27. The first kappa shape index (κ1) is 51.8. The molecule has 5 aliphatic carbocycles. The molecule has 0 saturated heterocycles. The van der Waals surface area contributed by atoms with E-state index in [1.807, 2.05) is 0 Å². The van der Waals surface area contributed by atoms with E-state index in [1.54, 1.807) is 0 Å². The molecular weight excluding hydrogens is 1110 g/mol. The van der Waals surface area contributed by atoms with E-state index in [1.165, 1.54) is 155 Å². The van der Waals surface area contributed by atoms with Gasteiger partial charge in [0.2, 0.25) is 0 Å². The first-order chi connectivity index (χ1) is 45.2. The van der Waals surface area contributed by atoms with Gasteiger partial charge in [0.05, 0.1) is 33.3 Å². The van der Waals surface area contributed by atoms with Gasteiger partial charge in [-0.05, 0) is 186 Å². The van der Waals surface area contributed by atoms with Gasteiger partial charge in [-0.25, -0.2) is 0 Å². The lowest BCUT2D eigenvalue weighted by molar-refractivity contribution is 0.660. The smallest absolute Gasteiger partial charge is 0.0723 e. The van der Waals surface area contributed by atoms with E-state index in [-0.39, 0.29) is 10.8 Å². The van der Waals surface area contributed by atoms with Gasteiger partial charge >= 0.3 is 0 Å². The van der Waals surface area contributed by atoms with Crippen molar-refractivity contribution in [2.45, 2.75) is 56.8 Å². The molecule has 0 saturated carbocycles. The number of hydrogen-bond acceptors (Lipinski definition) is 2. The van der Waals surface area contributed by atoms with Crippen molar-refractivity contribution >= 4 is 88.6 Å². The molecule has 20 rings (SSSR count). The van der Waals surface area contributed by atoms with Crippen LogP contribution in [-0.4, -0.2) is 4.40 Å². The fraction of sp³-hybridized carbons (Fsp3) is 0.101. The second kappa shape index (κ2) is 18.6. The molecule has 2 heterocycles. The number of benzene rings is 13. The minimum absolute atomic E-state index is 0.146. The summed E-state index contributed by atoms with van der Waals surface area (Å²) in [5.74, 6) is 0. The molecule has 5 aliphatic rings. The van der Waals surface area contributed by atoms with Crippen LogP contribution in [0.15, 0.2) is 291 Å². The minimum atomic E-state index is -0.658. The number of allylic oxidation sites excluding steroid dienone is 4. The number of anilines is 6. The molecule has 1 unspecified atom stereocenters. The number of nitrogens with zero attached hydrogens (tertiary/aromatic N) is 3. The Hall–Kier alpha value is -11.0. The molecule has 1 spiro atoms. The highest BCUT2D eigenvalue weighted by Crippen LogP contribution is 2.67. The van der Waals surface area contributed by atoms with Gasteiger partial charge in [0, 0.05) is 66.1 Å². The predicted molar refractivity (Wildman–Crippen MR) is 386 cm³/mol. The largest absolute Gasteiger partial charge is 0.310 e. The summed E-state index contributed by atoms with van der Waals surface area (Å²) in [7, 11) is 0. The standard InChI is InChI=1S/C89H63N3/c1-87(2)72-38-16-11-28-61(72)65-48-45-57(51-76(65)87)90(55-24-7-5-8-25-55)80-43-23-34-60-59(33-21-35-67(60)80)54-44-47-70-78(50-54)89(74-40-18-13-30-63(74)64-31-14-19-41-75(64)89)79-53-82(84-71-37-22-36-69-68-32-15-20-42-81(68)92(85(69)71)86(84)83(70)79)91(56-26-9-6-10-27-56)58-46-49-66-62-29-12-17-39-73(62)88(3,4)77(66)52-58/h5-13,15-30,32-53H,14,31H2,1-4H3. The van der Waals surface area contributed by atoms with Crippen molar-refractivity contribution in [1.29, 1.82) is 0 Å². The fourth-order valence-electron chi connectivity index (χ4n) is 18.2. The van der Waals surface area contributed by atoms with Gasteiger partial charge in [0.15, 0.2) is 0 Å². The van der Waals surface area contributed by atoms with E-state index in [9.17, 15) is 0 Å². The maximum absolute atomic E-state index is 2.67. The van der Waals surface area contributed by atoms with Gasteiger partial charge in [0.25, 0.3) is 0 Å². The summed E-state index contributed by atoms with van der Waals surface area (Å²) >= 11 is 0. The summed E-state index contributed by atoms with van der Waals surface area (Å²) in [5.41, 5.74) is 33.6. The second-order valence-electron chi connectivity index (χ2n) is 27.3. The third-order valence-electron chi connectivity index (χ3n) is 22.2. The Morgan fingerprint density at radius 3 is 1.58 bits per heavy atom. The highest BCUT2D eigenvalue weighted by atomic mass is 15.2. The van der Waals surface area contributed by atoms with Crippen molar-refractivity contribution in [1.82, 2.24) is 4.40 Å². The summed E-state index contributed by atoms with van der Waals surface area (Å²) in [6.07, 6.45) is 6.97. The molecule has 0 bridgehead atoms. The molecule has 15 aromatic rings. The maximum atomic E-state index is 2.67. The van der Waals surface area contributed by atoms with Crippen LogP contribution in [-0.2, 0) is 16.2 Å². The molecule has 3 nitrogen and oxygen atoms in total. The van der Waals surface area contributed by atoms with Crippen molar-refractivity contribution in [3.63, 3.8) is 0 Å². The first-order valence-electron chi connectivity index (χ1n) is 32.8. The number of rotatable bonds is 7. The Balaban J connectivity index is 0.862. The molecule has 0 N–H and O–H groups in total. The number of para-hydroxylation sites is 4. The second-order valence-corrected chi connectivity index (χ2v) is 27.3. The van der Waals surface area contributed by atoms with Crippen LogP contribution in [0.3, 0.4) is 0 Å². The highest BCUT2D eigenvalue weighted by Gasteiger charge is 2.54. The Bertz CT molecular complexity index is 5770. The van der Waals surface area contributed by atoms with Crippen LogP contribution < -0.4 is 9.80 Å². The lowest BCUT2D eigenvalue weighted by Gasteiger charge is -2.34. The summed E-state index contributed by atoms with van der Waals surface area (Å²) in [5, 5.41) is 7.48. The van der Waals surface area contributed by atoms with Crippen molar-refractivity contribution in [2.24, 2.45) is 0 Å². The monoisotopic (exact) mass is 1170 g/mol. The van der Waals surface area contributed by atoms with Gasteiger partial charge in [-0.15, -0.1) is 0 Å². The van der Waals surface area contributed by atoms with Gasteiger partial charge in [-0.1, -0.05) is 240 Å². The molecule has 434 valence electrons. The highest BCUT2D eigenvalue weighted by molar-refractivity contribution is 6.29.